The van der Waals surface area contributed by atoms with Crippen molar-refractivity contribution in [3.63, 3.8) is 0 Å². The van der Waals surface area contributed by atoms with Gasteiger partial charge in [-0.2, -0.15) is 0 Å². The van der Waals surface area contributed by atoms with Gasteiger partial charge in [-0.1, -0.05) is 31.5 Å². The molecule has 0 unspecified atom stereocenters. The fourth-order valence-electron chi connectivity index (χ4n) is 2.49. The molecular formula is C20H24N2O2S. The van der Waals surface area contributed by atoms with E-state index in [-0.39, 0.29) is 11.0 Å². The zero-order valence-electron chi connectivity index (χ0n) is 14.9. The molecule has 0 bridgehead atoms. The number of nitrogens with one attached hydrogen (secondary N) is 2. The molecule has 5 heteroatoms. The number of ether oxygens (including phenoxy) is 1. The summed E-state index contributed by atoms with van der Waals surface area (Å²) in [5.74, 6) is 0.289. The van der Waals surface area contributed by atoms with E-state index in [2.05, 4.69) is 23.6 Å². The number of para-hydroxylation sites is 1. The van der Waals surface area contributed by atoms with Crippen LogP contribution in [0.1, 0.15) is 41.3 Å². The maximum atomic E-state index is 12.5. The Labute approximate surface area is 154 Å². The molecular weight excluding hydrogens is 332 g/mol. The lowest BCUT2D eigenvalue weighted by Gasteiger charge is -2.13. The van der Waals surface area contributed by atoms with Crippen molar-refractivity contribution in [2.45, 2.75) is 33.6 Å². The van der Waals surface area contributed by atoms with Gasteiger partial charge in [0.15, 0.2) is 5.11 Å². The van der Waals surface area contributed by atoms with Gasteiger partial charge in [-0.15, -0.1) is 0 Å². The fraction of sp³-hybridized carbons (Fsp3) is 0.300. The van der Waals surface area contributed by atoms with Gasteiger partial charge in [-0.05, 0) is 67.9 Å². The molecule has 1 amide bonds. The first kappa shape index (κ1) is 18.9. The fourth-order valence-corrected chi connectivity index (χ4v) is 2.70. The predicted octanol–water partition coefficient (Wildman–Crippen LogP) is 4.61. The van der Waals surface area contributed by atoms with Crippen molar-refractivity contribution in [3.05, 3.63) is 59.2 Å². The zero-order chi connectivity index (χ0) is 18.2. The van der Waals surface area contributed by atoms with Crippen LogP contribution in [0.3, 0.4) is 0 Å². The highest BCUT2D eigenvalue weighted by Crippen LogP contribution is 2.18. The largest absolute Gasteiger partial charge is 0.493 e. The van der Waals surface area contributed by atoms with Crippen molar-refractivity contribution in [1.29, 1.82) is 0 Å². The van der Waals surface area contributed by atoms with Gasteiger partial charge >= 0.3 is 0 Å². The molecule has 0 heterocycles. The van der Waals surface area contributed by atoms with E-state index in [0.29, 0.717) is 17.9 Å². The van der Waals surface area contributed by atoms with Gasteiger partial charge in [-0.3, -0.25) is 10.1 Å². The highest BCUT2D eigenvalue weighted by atomic mass is 32.1. The molecule has 0 aliphatic carbocycles. The molecule has 2 aromatic carbocycles. The lowest BCUT2D eigenvalue weighted by Crippen LogP contribution is -2.34. The topological polar surface area (TPSA) is 50.4 Å². The molecule has 2 N–H and O–H groups in total. The highest BCUT2D eigenvalue weighted by molar-refractivity contribution is 7.80. The third kappa shape index (κ3) is 5.87. The van der Waals surface area contributed by atoms with Crippen LogP contribution in [0, 0.1) is 13.8 Å². The van der Waals surface area contributed by atoms with Crippen LogP contribution in [0.25, 0.3) is 0 Å². The number of aryl methyl sites for hydroxylation is 2. The van der Waals surface area contributed by atoms with E-state index in [4.69, 9.17) is 17.0 Å². The normalized spacial score (nSPS) is 10.2. The second kappa shape index (κ2) is 9.18. The van der Waals surface area contributed by atoms with Crippen molar-refractivity contribution in [2.75, 3.05) is 11.9 Å². The number of hydrogen-bond donors (Lipinski definition) is 2. The van der Waals surface area contributed by atoms with Crippen LogP contribution in [0.2, 0.25) is 0 Å². The first-order valence-corrected chi connectivity index (χ1v) is 8.83. The lowest BCUT2D eigenvalue weighted by molar-refractivity contribution is 0.0973. The summed E-state index contributed by atoms with van der Waals surface area (Å²) in [7, 11) is 0. The summed E-state index contributed by atoms with van der Waals surface area (Å²) < 4.78 is 5.71. The number of amides is 1. The minimum Gasteiger partial charge on any atom is -0.493 e. The molecule has 0 saturated carbocycles. The van der Waals surface area contributed by atoms with Crippen LogP contribution in [-0.4, -0.2) is 17.6 Å². The van der Waals surface area contributed by atoms with Crippen molar-refractivity contribution in [2.24, 2.45) is 0 Å². The lowest BCUT2D eigenvalue weighted by atomic mass is 10.1. The summed E-state index contributed by atoms with van der Waals surface area (Å²) in [6.45, 7) is 6.72. The average molecular weight is 356 g/mol. The molecule has 0 spiro atoms. The summed E-state index contributed by atoms with van der Waals surface area (Å²) in [5, 5.41) is 6.03. The second-order valence-corrected chi connectivity index (χ2v) is 6.39. The van der Waals surface area contributed by atoms with Crippen LogP contribution in [-0.2, 0) is 0 Å². The number of rotatable bonds is 6. The van der Waals surface area contributed by atoms with Gasteiger partial charge in [0.25, 0.3) is 5.91 Å². The second-order valence-electron chi connectivity index (χ2n) is 5.98. The van der Waals surface area contributed by atoms with Gasteiger partial charge in [0.1, 0.15) is 5.75 Å². The summed E-state index contributed by atoms with van der Waals surface area (Å²) in [6, 6.07) is 13.2. The minimum absolute atomic E-state index is 0.262. The van der Waals surface area contributed by atoms with Crippen LogP contribution in [0.15, 0.2) is 42.5 Å². The Hall–Kier alpha value is -2.40. The SMILES string of the molecule is CCCCOc1ccccc1C(=O)NC(=S)Nc1cc(C)cc(C)c1. The molecule has 0 aliphatic heterocycles. The minimum atomic E-state index is -0.283. The number of carbonyl (C=O) groups excluding carboxylic acids is 1. The Balaban J connectivity index is 2.02. The molecule has 0 radical (unpaired) electrons. The van der Waals surface area contributed by atoms with E-state index in [9.17, 15) is 4.79 Å². The molecule has 132 valence electrons. The number of carbonyl (C=O) groups is 1. The number of unbranched alkanes of at least 4 members (excludes halogenated alkanes) is 1. The molecule has 0 atom stereocenters. The van der Waals surface area contributed by atoms with E-state index in [1.165, 1.54) is 0 Å². The Morgan fingerprint density at radius 3 is 2.48 bits per heavy atom. The summed E-state index contributed by atoms with van der Waals surface area (Å²) >= 11 is 5.26. The number of thiocarbonyl (C=S) groups is 1. The van der Waals surface area contributed by atoms with E-state index in [1.54, 1.807) is 12.1 Å². The van der Waals surface area contributed by atoms with Gasteiger partial charge < -0.3 is 10.1 Å². The van der Waals surface area contributed by atoms with Gasteiger partial charge in [0.2, 0.25) is 0 Å². The van der Waals surface area contributed by atoms with Crippen molar-refractivity contribution < 1.29 is 9.53 Å². The van der Waals surface area contributed by atoms with Crippen LogP contribution >= 0.6 is 12.2 Å². The third-order valence-corrected chi connectivity index (χ3v) is 3.80. The quantitative estimate of drug-likeness (QED) is 0.586. The van der Waals surface area contributed by atoms with Gasteiger partial charge in [-0.25, -0.2) is 0 Å². The predicted molar refractivity (Wildman–Crippen MR) is 106 cm³/mol. The molecule has 4 nitrogen and oxygen atoms in total. The van der Waals surface area contributed by atoms with Crippen molar-refractivity contribution in [3.8, 4) is 5.75 Å². The number of anilines is 1. The molecule has 0 fully saturated rings. The Bertz CT molecular complexity index is 739. The monoisotopic (exact) mass is 356 g/mol. The zero-order valence-corrected chi connectivity index (χ0v) is 15.7. The Morgan fingerprint density at radius 2 is 1.80 bits per heavy atom. The van der Waals surface area contributed by atoms with Crippen LogP contribution < -0.4 is 15.4 Å². The van der Waals surface area contributed by atoms with E-state index >= 15 is 0 Å². The third-order valence-electron chi connectivity index (χ3n) is 3.59. The van der Waals surface area contributed by atoms with Crippen LogP contribution in [0.4, 0.5) is 5.69 Å². The van der Waals surface area contributed by atoms with Gasteiger partial charge in [0.05, 0.1) is 12.2 Å². The Kier molecular flexibility index (Phi) is 6.95. The first-order valence-electron chi connectivity index (χ1n) is 8.42. The summed E-state index contributed by atoms with van der Waals surface area (Å²) in [4.78, 5) is 12.5. The number of benzene rings is 2. The van der Waals surface area contributed by atoms with Gasteiger partial charge in [0, 0.05) is 5.69 Å². The summed E-state index contributed by atoms with van der Waals surface area (Å²) in [6.07, 6.45) is 1.99. The van der Waals surface area contributed by atoms with E-state index in [0.717, 1.165) is 29.7 Å². The smallest absolute Gasteiger partial charge is 0.261 e. The summed E-state index contributed by atoms with van der Waals surface area (Å²) in [5.41, 5.74) is 3.59. The molecule has 0 saturated heterocycles. The van der Waals surface area contributed by atoms with Crippen LogP contribution in [0.5, 0.6) is 5.75 Å². The average Bonchev–Trinajstić information content (AvgIpc) is 2.54. The molecule has 2 aromatic rings. The Morgan fingerprint density at radius 1 is 1.12 bits per heavy atom. The molecule has 25 heavy (non-hydrogen) atoms. The van der Waals surface area contributed by atoms with E-state index < -0.39 is 0 Å². The van der Waals surface area contributed by atoms with E-state index in [1.807, 2.05) is 38.1 Å². The van der Waals surface area contributed by atoms with Crippen molar-refractivity contribution in [1.82, 2.24) is 5.32 Å². The number of hydrogen-bond acceptors (Lipinski definition) is 3. The maximum absolute atomic E-state index is 12.5. The highest BCUT2D eigenvalue weighted by Gasteiger charge is 2.13. The maximum Gasteiger partial charge on any atom is 0.261 e. The molecule has 2 rings (SSSR count). The first-order chi connectivity index (χ1) is 12.0. The molecule has 0 aromatic heterocycles. The van der Waals surface area contributed by atoms with Crippen molar-refractivity contribution >= 4 is 28.9 Å². The standard InChI is InChI=1S/C20H24N2O2S/c1-4-5-10-24-18-9-7-6-8-17(18)19(23)22-20(25)21-16-12-14(2)11-15(3)13-16/h6-9,11-13H,4-5,10H2,1-3H3,(H2,21,22,23,25). The molecule has 0 aliphatic rings.